The Hall–Kier alpha value is -1.95. The van der Waals surface area contributed by atoms with E-state index in [-0.39, 0.29) is 17.4 Å². The van der Waals surface area contributed by atoms with E-state index < -0.39 is 5.60 Å². The van der Waals surface area contributed by atoms with Crippen LogP contribution < -0.4 is 15.8 Å². The van der Waals surface area contributed by atoms with Gasteiger partial charge in [0.15, 0.2) is 5.60 Å². The Bertz CT molecular complexity index is 792. The third-order valence-corrected chi connectivity index (χ3v) is 7.37. The molecule has 0 spiro atoms. The van der Waals surface area contributed by atoms with Gasteiger partial charge in [0.2, 0.25) is 0 Å². The molecule has 4 saturated carbocycles. The van der Waals surface area contributed by atoms with Gasteiger partial charge in [-0.1, -0.05) is 16.8 Å². The molecule has 1 aromatic carbocycles. The fourth-order valence-electron chi connectivity index (χ4n) is 6.23. The summed E-state index contributed by atoms with van der Waals surface area (Å²) in [5.74, 6) is 2.44. The highest BCUT2D eigenvalue weighted by atomic mass is 35.5. The fraction of sp³-hybridized carbons (Fsp3) is 0.636. The second-order valence-electron chi connectivity index (χ2n) is 9.80. The lowest BCUT2D eigenvalue weighted by molar-refractivity contribution is -0.140. The number of nitrogens with zero attached hydrogens (tertiary/aromatic N) is 1. The highest BCUT2D eigenvalue weighted by Gasteiger charge is 2.56. The standard InChI is InChI=1S/C22H30ClN3O3/c1-21(2,29-17-5-3-16(23)4-6-17)20(27)25-19-14-7-13-8-15(19)11-22(9-13,10-14)12-18(24)26-28/h3-6,13-15,19,28H,7-12H2,1-2H3,(H2,24,26)(H,25,27). The molecule has 4 aliphatic carbocycles. The normalized spacial score (nSPS) is 33.6. The minimum Gasteiger partial charge on any atom is -0.478 e. The lowest BCUT2D eigenvalue weighted by Crippen LogP contribution is -2.62. The summed E-state index contributed by atoms with van der Waals surface area (Å²) >= 11 is 5.93. The summed E-state index contributed by atoms with van der Waals surface area (Å²) in [6, 6.07) is 7.23. The minimum absolute atomic E-state index is 0.0876. The summed E-state index contributed by atoms with van der Waals surface area (Å²) < 4.78 is 5.97. The molecule has 4 aliphatic rings. The summed E-state index contributed by atoms with van der Waals surface area (Å²) in [5.41, 5.74) is 5.01. The molecule has 4 fully saturated rings. The predicted molar refractivity (Wildman–Crippen MR) is 112 cm³/mol. The minimum atomic E-state index is -0.978. The molecule has 0 radical (unpaired) electrons. The molecule has 158 valence electrons. The van der Waals surface area contributed by atoms with Crippen LogP contribution in [0.15, 0.2) is 29.4 Å². The van der Waals surface area contributed by atoms with E-state index in [1.165, 1.54) is 0 Å². The topological polar surface area (TPSA) is 96.9 Å². The Morgan fingerprint density at radius 3 is 2.48 bits per heavy atom. The number of amidine groups is 1. The fourth-order valence-corrected chi connectivity index (χ4v) is 6.36. The van der Waals surface area contributed by atoms with Crippen LogP contribution in [0.25, 0.3) is 0 Å². The number of amides is 1. The van der Waals surface area contributed by atoms with Crippen molar-refractivity contribution in [2.45, 2.75) is 64.0 Å². The van der Waals surface area contributed by atoms with Gasteiger partial charge in [-0.05, 0) is 93.4 Å². The van der Waals surface area contributed by atoms with Gasteiger partial charge in [-0.15, -0.1) is 0 Å². The van der Waals surface area contributed by atoms with Crippen LogP contribution in [0.5, 0.6) is 5.75 Å². The van der Waals surface area contributed by atoms with Crippen LogP contribution in [0.4, 0.5) is 0 Å². The quantitative estimate of drug-likeness (QED) is 0.281. The zero-order chi connectivity index (χ0) is 20.8. The number of hydrogen-bond acceptors (Lipinski definition) is 4. The number of rotatable bonds is 6. The molecule has 0 aromatic heterocycles. The number of ether oxygens (including phenoxy) is 1. The van der Waals surface area contributed by atoms with Crippen molar-refractivity contribution in [2.24, 2.45) is 34.1 Å². The Balaban J connectivity index is 1.43. The summed E-state index contributed by atoms with van der Waals surface area (Å²) in [6.45, 7) is 3.60. The largest absolute Gasteiger partial charge is 0.478 e. The maximum atomic E-state index is 13.1. The van der Waals surface area contributed by atoms with Crippen molar-refractivity contribution in [1.29, 1.82) is 0 Å². The van der Waals surface area contributed by atoms with Gasteiger partial charge in [-0.3, -0.25) is 4.79 Å². The molecule has 0 heterocycles. The number of hydrogen-bond donors (Lipinski definition) is 3. The monoisotopic (exact) mass is 419 g/mol. The van der Waals surface area contributed by atoms with Crippen LogP contribution in [0.2, 0.25) is 5.02 Å². The van der Waals surface area contributed by atoms with Crippen LogP contribution in [-0.4, -0.2) is 28.6 Å². The number of carbonyl (C=O) groups excluding carboxylic acids is 1. The smallest absolute Gasteiger partial charge is 0.263 e. The lowest BCUT2D eigenvalue weighted by atomic mass is 9.47. The second-order valence-corrected chi connectivity index (χ2v) is 10.2. The van der Waals surface area contributed by atoms with Crippen molar-refractivity contribution in [3.63, 3.8) is 0 Å². The summed E-state index contributed by atoms with van der Waals surface area (Å²) in [4.78, 5) is 13.1. The molecule has 4 N–H and O–H groups in total. The zero-order valence-electron chi connectivity index (χ0n) is 17.0. The van der Waals surface area contributed by atoms with E-state index in [0.717, 1.165) is 32.1 Å². The van der Waals surface area contributed by atoms with Gasteiger partial charge in [0.1, 0.15) is 11.6 Å². The number of oxime groups is 1. The van der Waals surface area contributed by atoms with Crippen molar-refractivity contribution in [3.8, 4) is 5.75 Å². The van der Waals surface area contributed by atoms with Gasteiger partial charge in [-0.2, -0.15) is 0 Å². The van der Waals surface area contributed by atoms with Crippen molar-refractivity contribution in [3.05, 3.63) is 29.3 Å². The molecule has 0 aliphatic heterocycles. The molecule has 2 unspecified atom stereocenters. The Morgan fingerprint density at radius 1 is 1.28 bits per heavy atom. The third-order valence-electron chi connectivity index (χ3n) is 7.12. The highest BCUT2D eigenvalue weighted by Crippen LogP contribution is 2.61. The first-order valence-corrected chi connectivity index (χ1v) is 10.8. The molecule has 7 heteroatoms. The predicted octanol–water partition coefficient (Wildman–Crippen LogP) is 3.95. The van der Waals surface area contributed by atoms with E-state index in [0.29, 0.717) is 40.8 Å². The first kappa shape index (κ1) is 20.3. The molecule has 6 nitrogen and oxygen atoms in total. The molecule has 2 atom stereocenters. The Kier molecular flexibility index (Phi) is 5.18. The molecular weight excluding hydrogens is 390 g/mol. The van der Waals surface area contributed by atoms with E-state index in [2.05, 4.69) is 10.5 Å². The summed E-state index contributed by atoms with van der Waals surface area (Å²) in [5, 5.41) is 16.2. The van der Waals surface area contributed by atoms with Gasteiger partial charge in [0.05, 0.1) is 0 Å². The molecule has 29 heavy (non-hydrogen) atoms. The molecule has 1 aromatic rings. The van der Waals surface area contributed by atoms with E-state index in [1.54, 1.807) is 38.1 Å². The first-order chi connectivity index (χ1) is 13.7. The number of halogens is 1. The molecule has 0 saturated heterocycles. The van der Waals surface area contributed by atoms with Gasteiger partial charge in [0, 0.05) is 17.5 Å². The van der Waals surface area contributed by atoms with E-state index in [9.17, 15) is 4.79 Å². The van der Waals surface area contributed by atoms with Gasteiger partial charge in [-0.25, -0.2) is 0 Å². The average Bonchev–Trinajstić information content (AvgIpc) is 2.65. The maximum absolute atomic E-state index is 13.1. The Morgan fingerprint density at radius 2 is 1.90 bits per heavy atom. The van der Waals surface area contributed by atoms with Crippen molar-refractivity contribution >= 4 is 23.3 Å². The molecule has 5 rings (SSSR count). The Labute approximate surface area is 176 Å². The summed E-state index contributed by atoms with van der Waals surface area (Å²) in [7, 11) is 0. The van der Waals surface area contributed by atoms with Crippen molar-refractivity contribution in [2.75, 3.05) is 0 Å². The van der Waals surface area contributed by atoms with Gasteiger partial charge in [0.25, 0.3) is 5.91 Å². The average molecular weight is 420 g/mol. The SMILES string of the molecule is CC(C)(Oc1ccc(Cl)cc1)C(=O)NC1C2CC3CC1CC(C/C(N)=N\O)(C3)C2. The van der Waals surface area contributed by atoms with Crippen molar-refractivity contribution in [1.82, 2.24) is 5.32 Å². The molecule has 1 amide bonds. The van der Waals surface area contributed by atoms with Crippen LogP contribution >= 0.6 is 11.6 Å². The van der Waals surface area contributed by atoms with E-state index in [1.807, 2.05) is 0 Å². The molecular formula is C22H30ClN3O3. The number of benzene rings is 1. The van der Waals surface area contributed by atoms with Crippen LogP contribution in [0.1, 0.15) is 52.4 Å². The molecule has 4 bridgehead atoms. The third kappa shape index (κ3) is 4.04. The number of nitrogens with one attached hydrogen (secondary N) is 1. The second kappa shape index (κ2) is 7.38. The van der Waals surface area contributed by atoms with Crippen LogP contribution in [-0.2, 0) is 4.79 Å². The first-order valence-electron chi connectivity index (χ1n) is 10.4. The van der Waals surface area contributed by atoms with Crippen molar-refractivity contribution < 1.29 is 14.7 Å². The van der Waals surface area contributed by atoms with Gasteiger partial charge >= 0.3 is 0 Å². The zero-order valence-corrected chi connectivity index (χ0v) is 17.8. The van der Waals surface area contributed by atoms with E-state index >= 15 is 0 Å². The van der Waals surface area contributed by atoms with Crippen LogP contribution in [0.3, 0.4) is 0 Å². The number of nitrogens with two attached hydrogens (primary N) is 1. The highest BCUT2D eigenvalue weighted by molar-refractivity contribution is 6.30. The van der Waals surface area contributed by atoms with Gasteiger partial charge < -0.3 is 21.0 Å². The number of carbonyl (C=O) groups is 1. The van der Waals surface area contributed by atoms with Crippen LogP contribution in [0, 0.1) is 23.2 Å². The summed E-state index contributed by atoms with van der Waals surface area (Å²) in [6.07, 6.45) is 6.16. The van der Waals surface area contributed by atoms with E-state index in [4.69, 9.17) is 27.3 Å². The lowest BCUT2D eigenvalue weighted by Gasteiger charge is -2.60. The maximum Gasteiger partial charge on any atom is 0.263 e.